The van der Waals surface area contributed by atoms with E-state index < -0.39 is 6.10 Å². The highest BCUT2D eigenvalue weighted by Gasteiger charge is 2.16. The summed E-state index contributed by atoms with van der Waals surface area (Å²) in [5, 5.41) is 14.6. The molecule has 1 aromatic carbocycles. The highest BCUT2D eigenvalue weighted by Crippen LogP contribution is 2.25. The molecule has 1 atom stereocenters. The minimum atomic E-state index is -0.549. The average Bonchev–Trinajstić information content (AvgIpc) is 2.74. The van der Waals surface area contributed by atoms with Crippen molar-refractivity contribution in [3.05, 3.63) is 45.9 Å². The van der Waals surface area contributed by atoms with Crippen molar-refractivity contribution in [3.8, 4) is 0 Å². The maximum absolute atomic E-state index is 13.5. The summed E-state index contributed by atoms with van der Waals surface area (Å²) < 4.78 is 16.4. The van der Waals surface area contributed by atoms with Gasteiger partial charge < -0.3 is 5.11 Å². The second-order valence-electron chi connectivity index (χ2n) is 4.76. The van der Waals surface area contributed by atoms with E-state index in [4.69, 9.17) is 0 Å². The third kappa shape index (κ3) is 4.08. The second-order valence-corrected chi connectivity index (χ2v) is 6.62. The van der Waals surface area contributed by atoms with E-state index in [1.54, 1.807) is 18.2 Å². The van der Waals surface area contributed by atoms with Crippen LogP contribution in [-0.2, 0) is 13.0 Å². The van der Waals surface area contributed by atoms with E-state index in [1.807, 2.05) is 18.5 Å². The van der Waals surface area contributed by atoms with Gasteiger partial charge in [-0.2, -0.15) is 5.10 Å². The molecule has 0 saturated carbocycles. The van der Waals surface area contributed by atoms with Crippen molar-refractivity contribution in [2.45, 2.75) is 37.8 Å². The van der Waals surface area contributed by atoms with E-state index in [-0.39, 0.29) is 5.82 Å². The predicted molar refractivity (Wildman–Crippen MR) is 87.2 cm³/mol. The summed E-state index contributed by atoms with van der Waals surface area (Å²) in [5.74, 6) is 0.201. The Morgan fingerprint density at radius 3 is 2.81 bits per heavy atom. The molecule has 2 rings (SSSR count). The standard InChI is InChI=1S/C15H18BrFN2OS/c1-3-19-13(15(16)10(2)18-19)8-11(20)9-21-14-7-5-4-6-12(14)17/h4-7,11,20H,3,8-9H2,1-2H3. The molecule has 0 fully saturated rings. The van der Waals surface area contributed by atoms with Crippen molar-refractivity contribution < 1.29 is 9.50 Å². The number of hydrogen-bond acceptors (Lipinski definition) is 3. The number of aliphatic hydroxyl groups is 1. The van der Waals surface area contributed by atoms with Gasteiger partial charge in [0.15, 0.2) is 0 Å². The van der Waals surface area contributed by atoms with Crippen LogP contribution in [-0.4, -0.2) is 26.7 Å². The first-order valence-corrected chi connectivity index (χ1v) is 8.58. The number of aryl methyl sites for hydroxylation is 2. The summed E-state index contributed by atoms with van der Waals surface area (Å²) >= 11 is 4.85. The number of thioether (sulfide) groups is 1. The van der Waals surface area contributed by atoms with Gasteiger partial charge in [-0.1, -0.05) is 12.1 Å². The van der Waals surface area contributed by atoms with E-state index in [0.717, 1.165) is 22.4 Å². The van der Waals surface area contributed by atoms with Crippen molar-refractivity contribution >= 4 is 27.7 Å². The van der Waals surface area contributed by atoms with Gasteiger partial charge in [0.05, 0.1) is 22.0 Å². The molecular formula is C15H18BrFN2OS. The Morgan fingerprint density at radius 2 is 2.14 bits per heavy atom. The van der Waals surface area contributed by atoms with Crippen molar-refractivity contribution in [2.75, 3.05) is 5.75 Å². The van der Waals surface area contributed by atoms with E-state index in [0.29, 0.717) is 17.1 Å². The normalized spacial score (nSPS) is 12.6. The lowest BCUT2D eigenvalue weighted by molar-refractivity contribution is 0.196. The third-order valence-corrected chi connectivity index (χ3v) is 5.37. The molecule has 3 nitrogen and oxygen atoms in total. The van der Waals surface area contributed by atoms with Gasteiger partial charge in [-0.25, -0.2) is 4.39 Å². The fourth-order valence-electron chi connectivity index (χ4n) is 2.09. The molecule has 21 heavy (non-hydrogen) atoms. The van der Waals surface area contributed by atoms with Gasteiger partial charge in [0.1, 0.15) is 5.82 Å². The predicted octanol–water partition coefficient (Wildman–Crippen LogP) is 3.81. The molecule has 0 saturated heterocycles. The summed E-state index contributed by atoms with van der Waals surface area (Å²) in [7, 11) is 0. The smallest absolute Gasteiger partial charge is 0.136 e. The zero-order valence-corrected chi connectivity index (χ0v) is 14.4. The lowest BCUT2D eigenvalue weighted by Crippen LogP contribution is -2.17. The lowest BCUT2D eigenvalue weighted by Gasteiger charge is -2.12. The van der Waals surface area contributed by atoms with Gasteiger partial charge in [-0.3, -0.25) is 4.68 Å². The molecule has 1 N–H and O–H groups in total. The Kier molecular flexibility index (Phi) is 5.84. The Balaban J connectivity index is 1.99. The largest absolute Gasteiger partial charge is 0.392 e. The quantitative estimate of drug-likeness (QED) is 0.783. The van der Waals surface area contributed by atoms with Crippen molar-refractivity contribution in [3.63, 3.8) is 0 Å². The fourth-order valence-corrected chi connectivity index (χ4v) is 3.41. The number of rotatable bonds is 6. The highest BCUT2D eigenvalue weighted by molar-refractivity contribution is 9.10. The van der Waals surface area contributed by atoms with Crippen LogP contribution in [0.2, 0.25) is 0 Å². The first kappa shape index (κ1) is 16.5. The van der Waals surface area contributed by atoms with Crippen LogP contribution in [0.3, 0.4) is 0 Å². The van der Waals surface area contributed by atoms with Crippen molar-refractivity contribution in [1.82, 2.24) is 9.78 Å². The highest BCUT2D eigenvalue weighted by atomic mass is 79.9. The van der Waals surface area contributed by atoms with Crippen LogP contribution in [0.4, 0.5) is 4.39 Å². The third-order valence-electron chi connectivity index (χ3n) is 3.15. The average molecular weight is 373 g/mol. The number of aromatic nitrogens is 2. The van der Waals surface area contributed by atoms with Crippen LogP contribution in [0.1, 0.15) is 18.3 Å². The van der Waals surface area contributed by atoms with Crippen molar-refractivity contribution in [1.29, 1.82) is 0 Å². The van der Waals surface area contributed by atoms with E-state index in [9.17, 15) is 9.50 Å². The molecule has 0 radical (unpaired) electrons. The van der Waals surface area contributed by atoms with Crippen LogP contribution in [0.25, 0.3) is 0 Å². The second kappa shape index (κ2) is 7.42. The zero-order valence-electron chi connectivity index (χ0n) is 12.0. The molecule has 0 spiro atoms. The SMILES string of the molecule is CCn1nc(C)c(Br)c1CC(O)CSc1ccccc1F. The Morgan fingerprint density at radius 1 is 1.43 bits per heavy atom. The first-order valence-electron chi connectivity index (χ1n) is 6.80. The van der Waals surface area contributed by atoms with Gasteiger partial charge in [-0.05, 0) is 41.9 Å². The number of halogens is 2. The van der Waals surface area contributed by atoms with Gasteiger partial charge in [-0.15, -0.1) is 11.8 Å². The van der Waals surface area contributed by atoms with Crippen LogP contribution in [0.15, 0.2) is 33.6 Å². The molecule has 0 aliphatic rings. The van der Waals surface area contributed by atoms with Crippen LogP contribution in [0, 0.1) is 12.7 Å². The van der Waals surface area contributed by atoms with E-state index in [1.165, 1.54) is 17.8 Å². The zero-order chi connectivity index (χ0) is 15.4. The monoisotopic (exact) mass is 372 g/mol. The Hall–Kier alpha value is -0.850. The summed E-state index contributed by atoms with van der Waals surface area (Å²) in [5.41, 5.74) is 1.90. The lowest BCUT2D eigenvalue weighted by atomic mass is 10.2. The minimum Gasteiger partial charge on any atom is -0.392 e. The molecule has 0 aliphatic carbocycles. The summed E-state index contributed by atoms with van der Waals surface area (Å²) in [6.45, 7) is 4.71. The Labute approximate surface area is 136 Å². The molecule has 0 amide bonds. The number of hydrogen-bond donors (Lipinski definition) is 1. The fraction of sp³-hybridized carbons (Fsp3) is 0.400. The number of nitrogens with zero attached hydrogens (tertiary/aromatic N) is 2. The van der Waals surface area contributed by atoms with Gasteiger partial charge in [0.2, 0.25) is 0 Å². The Bertz CT molecular complexity index is 618. The first-order chi connectivity index (χ1) is 10.0. The van der Waals surface area contributed by atoms with Gasteiger partial charge in [0.25, 0.3) is 0 Å². The molecule has 1 aromatic heterocycles. The topological polar surface area (TPSA) is 38.0 Å². The molecule has 0 aliphatic heterocycles. The van der Waals surface area contributed by atoms with Crippen molar-refractivity contribution in [2.24, 2.45) is 0 Å². The summed E-state index contributed by atoms with van der Waals surface area (Å²) in [6, 6.07) is 6.61. The maximum atomic E-state index is 13.5. The van der Waals surface area contributed by atoms with Crippen LogP contribution >= 0.6 is 27.7 Å². The molecule has 6 heteroatoms. The maximum Gasteiger partial charge on any atom is 0.136 e. The molecule has 1 unspecified atom stereocenters. The van der Waals surface area contributed by atoms with E-state index in [2.05, 4.69) is 21.0 Å². The molecule has 114 valence electrons. The number of benzene rings is 1. The summed E-state index contributed by atoms with van der Waals surface area (Å²) in [6.07, 6.45) is -0.0520. The summed E-state index contributed by atoms with van der Waals surface area (Å²) in [4.78, 5) is 0.566. The van der Waals surface area contributed by atoms with E-state index >= 15 is 0 Å². The molecule has 0 bridgehead atoms. The molecular weight excluding hydrogens is 355 g/mol. The molecule has 2 aromatic rings. The van der Waals surface area contributed by atoms with Gasteiger partial charge in [0, 0.05) is 23.6 Å². The van der Waals surface area contributed by atoms with Crippen LogP contribution < -0.4 is 0 Å². The van der Waals surface area contributed by atoms with Crippen LogP contribution in [0.5, 0.6) is 0 Å². The molecule has 1 heterocycles. The number of aliphatic hydroxyl groups excluding tert-OH is 1. The van der Waals surface area contributed by atoms with Gasteiger partial charge >= 0.3 is 0 Å². The minimum absolute atomic E-state index is 0.245.